The average molecular weight is 142 g/mol. The Labute approximate surface area is 58.7 Å². The quantitative estimate of drug-likeness (QED) is 0.606. The lowest BCUT2D eigenvalue weighted by atomic mass is 10.4. The van der Waals surface area contributed by atoms with Crippen molar-refractivity contribution < 1.29 is 9.52 Å². The molecule has 56 valence electrons. The molecule has 0 saturated carbocycles. The van der Waals surface area contributed by atoms with Crippen LogP contribution in [0.4, 0.5) is 0 Å². The number of nitrogens with two attached hydrogens (primary N) is 1. The Hall–Kier alpha value is -0.870. The van der Waals surface area contributed by atoms with Crippen LogP contribution in [0.1, 0.15) is 11.6 Å². The smallest absolute Gasteiger partial charge is 0.196 e. The highest BCUT2D eigenvalue weighted by Crippen LogP contribution is 2.00. The highest BCUT2D eigenvalue weighted by Gasteiger charge is 1.99. The molecule has 1 heterocycles. The summed E-state index contributed by atoms with van der Waals surface area (Å²) in [5.41, 5.74) is 6.00. The largest absolute Gasteiger partial charge is 0.449 e. The van der Waals surface area contributed by atoms with Crippen LogP contribution < -0.4 is 5.73 Å². The van der Waals surface area contributed by atoms with Gasteiger partial charge in [0.15, 0.2) is 5.89 Å². The van der Waals surface area contributed by atoms with E-state index in [2.05, 4.69) is 4.98 Å². The van der Waals surface area contributed by atoms with Gasteiger partial charge in [0.2, 0.25) is 0 Å². The van der Waals surface area contributed by atoms with Crippen LogP contribution in [-0.4, -0.2) is 16.7 Å². The molecule has 4 nitrogen and oxygen atoms in total. The molecular weight excluding hydrogens is 132 g/mol. The topological polar surface area (TPSA) is 72.3 Å². The van der Waals surface area contributed by atoms with Crippen molar-refractivity contribution in [3.63, 3.8) is 0 Å². The summed E-state index contributed by atoms with van der Waals surface area (Å²) in [5, 5.41) is 8.47. The van der Waals surface area contributed by atoms with E-state index in [1.165, 1.54) is 6.26 Å². The molecule has 0 fully saturated rings. The average Bonchev–Trinajstić information content (AvgIpc) is 2.37. The van der Waals surface area contributed by atoms with E-state index in [1.54, 1.807) is 0 Å². The lowest BCUT2D eigenvalue weighted by Crippen LogP contribution is -1.97. The first kappa shape index (κ1) is 7.24. The minimum atomic E-state index is 0.0600. The van der Waals surface area contributed by atoms with Crippen molar-refractivity contribution in [2.45, 2.75) is 13.0 Å². The molecule has 1 aromatic heterocycles. The third-order valence-corrected chi connectivity index (χ3v) is 1.13. The number of oxazole rings is 1. The lowest BCUT2D eigenvalue weighted by molar-refractivity contribution is 0.285. The monoisotopic (exact) mass is 142 g/mol. The van der Waals surface area contributed by atoms with Crippen molar-refractivity contribution in [2.24, 2.45) is 5.73 Å². The molecule has 10 heavy (non-hydrogen) atoms. The maximum Gasteiger partial charge on any atom is 0.196 e. The van der Waals surface area contributed by atoms with E-state index in [0.717, 1.165) is 5.69 Å². The normalized spacial score (nSPS) is 10.2. The van der Waals surface area contributed by atoms with Crippen molar-refractivity contribution in [3.05, 3.63) is 17.8 Å². The molecule has 0 atom stereocenters. The summed E-state index contributed by atoms with van der Waals surface area (Å²) in [6.07, 6.45) is 1.96. The molecule has 0 aliphatic heterocycles. The van der Waals surface area contributed by atoms with Gasteiger partial charge in [-0.15, -0.1) is 0 Å². The van der Waals surface area contributed by atoms with Gasteiger partial charge in [-0.25, -0.2) is 4.98 Å². The first-order valence-corrected chi connectivity index (χ1v) is 3.11. The summed E-state index contributed by atoms with van der Waals surface area (Å²) in [5.74, 6) is 0.544. The molecule has 0 unspecified atom stereocenters. The van der Waals surface area contributed by atoms with Crippen molar-refractivity contribution >= 4 is 0 Å². The lowest BCUT2D eigenvalue weighted by Gasteiger charge is -1.85. The third kappa shape index (κ3) is 1.55. The summed E-state index contributed by atoms with van der Waals surface area (Å²) in [4.78, 5) is 3.97. The maximum absolute atomic E-state index is 8.47. The standard InChI is InChI=1S/C6H10N2O2/c7-3-5-4-10-6(8-5)1-2-9/h4,9H,1-3,7H2. The first-order valence-electron chi connectivity index (χ1n) is 3.11. The molecule has 1 aromatic rings. The summed E-state index contributed by atoms with van der Waals surface area (Å²) >= 11 is 0. The van der Waals surface area contributed by atoms with E-state index < -0.39 is 0 Å². The van der Waals surface area contributed by atoms with Gasteiger partial charge in [0, 0.05) is 13.0 Å². The zero-order valence-corrected chi connectivity index (χ0v) is 5.58. The fourth-order valence-corrected chi connectivity index (χ4v) is 0.653. The van der Waals surface area contributed by atoms with Gasteiger partial charge in [-0.05, 0) is 0 Å². The van der Waals surface area contributed by atoms with Gasteiger partial charge in [0.1, 0.15) is 6.26 Å². The minimum Gasteiger partial charge on any atom is -0.449 e. The highest BCUT2D eigenvalue weighted by molar-refractivity contribution is 4.95. The SMILES string of the molecule is NCc1coc(CCO)n1. The molecule has 3 N–H and O–H groups in total. The summed E-state index contributed by atoms with van der Waals surface area (Å²) in [7, 11) is 0. The van der Waals surface area contributed by atoms with Crippen molar-refractivity contribution in [3.8, 4) is 0 Å². The fraction of sp³-hybridized carbons (Fsp3) is 0.500. The van der Waals surface area contributed by atoms with Gasteiger partial charge in [-0.2, -0.15) is 0 Å². The minimum absolute atomic E-state index is 0.0600. The third-order valence-electron chi connectivity index (χ3n) is 1.13. The number of aromatic nitrogens is 1. The van der Waals surface area contributed by atoms with Gasteiger partial charge in [-0.3, -0.25) is 0 Å². The Morgan fingerprint density at radius 2 is 2.50 bits per heavy atom. The van der Waals surface area contributed by atoms with Gasteiger partial charge >= 0.3 is 0 Å². The zero-order chi connectivity index (χ0) is 7.40. The number of nitrogens with zero attached hydrogens (tertiary/aromatic N) is 1. The van der Waals surface area contributed by atoms with Gasteiger partial charge < -0.3 is 15.3 Å². The van der Waals surface area contributed by atoms with Crippen LogP contribution in [0.2, 0.25) is 0 Å². The van der Waals surface area contributed by atoms with E-state index in [0.29, 0.717) is 18.9 Å². The molecule has 0 spiro atoms. The molecule has 4 heteroatoms. The number of rotatable bonds is 3. The maximum atomic E-state index is 8.47. The van der Waals surface area contributed by atoms with Gasteiger partial charge in [0.05, 0.1) is 12.3 Å². The first-order chi connectivity index (χ1) is 4.86. The Bertz CT molecular complexity index is 197. The molecule has 0 aliphatic carbocycles. The second-order valence-corrected chi connectivity index (χ2v) is 1.91. The van der Waals surface area contributed by atoms with Crippen LogP contribution in [0.15, 0.2) is 10.7 Å². The molecule has 0 radical (unpaired) electrons. The molecule has 0 amide bonds. The van der Waals surface area contributed by atoms with Crippen molar-refractivity contribution in [1.82, 2.24) is 4.98 Å². The Morgan fingerprint density at radius 1 is 1.70 bits per heavy atom. The van der Waals surface area contributed by atoms with E-state index in [-0.39, 0.29) is 6.61 Å². The Morgan fingerprint density at radius 3 is 3.00 bits per heavy atom. The Balaban J connectivity index is 2.59. The van der Waals surface area contributed by atoms with Crippen LogP contribution >= 0.6 is 0 Å². The van der Waals surface area contributed by atoms with Crippen LogP contribution in [0.3, 0.4) is 0 Å². The number of aliphatic hydroxyl groups is 1. The van der Waals surface area contributed by atoms with E-state index in [4.69, 9.17) is 15.3 Å². The molecule has 0 aromatic carbocycles. The number of hydrogen-bond donors (Lipinski definition) is 2. The number of hydrogen-bond acceptors (Lipinski definition) is 4. The molecule has 0 bridgehead atoms. The summed E-state index contributed by atoms with van der Waals surface area (Å²) in [6.45, 7) is 0.444. The van der Waals surface area contributed by atoms with Gasteiger partial charge in [0.25, 0.3) is 0 Å². The predicted molar refractivity (Wildman–Crippen MR) is 35.2 cm³/mol. The van der Waals surface area contributed by atoms with Crippen molar-refractivity contribution in [2.75, 3.05) is 6.61 Å². The van der Waals surface area contributed by atoms with Crippen molar-refractivity contribution in [1.29, 1.82) is 0 Å². The number of aliphatic hydroxyl groups excluding tert-OH is 1. The highest BCUT2D eigenvalue weighted by atomic mass is 16.3. The molecular formula is C6H10N2O2. The van der Waals surface area contributed by atoms with Crippen LogP contribution in [0.25, 0.3) is 0 Å². The predicted octanol–water partition coefficient (Wildman–Crippen LogP) is -0.332. The van der Waals surface area contributed by atoms with E-state index in [9.17, 15) is 0 Å². The van der Waals surface area contributed by atoms with Crippen LogP contribution in [0.5, 0.6) is 0 Å². The molecule has 0 aliphatic rings. The summed E-state index contributed by atoms with van der Waals surface area (Å²) in [6, 6.07) is 0. The fourth-order valence-electron chi connectivity index (χ4n) is 0.653. The Kier molecular flexibility index (Phi) is 2.42. The van der Waals surface area contributed by atoms with E-state index >= 15 is 0 Å². The summed E-state index contributed by atoms with van der Waals surface area (Å²) < 4.78 is 4.94. The van der Waals surface area contributed by atoms with Gasteiger partial charge in [-0.1, -0.05) is 0 Å². The molecule has 1 rings (SSSR count). The zero-order valence-electron chi connectivity index (χ0n) is 5.58. The van der Waals surface area contributed by atoms with Crippen LogP contribution in [-0.2, 0) is 13.0 Å². The van der Waals surface area contributed by atoms with Crippen LogP contribution in [0, 0.1) is 0 Å². The van der Waals surface area contributed by atoms with E-state index in [1.807, 2.05) is 0 Å². The molecule has 0 saturated heterocycles. The second kappa shape index (κ2) is 3.34. The second-order valence-electron chi connectivity index (χ2n) is 1.91.